The van der Waals surface area contributed by atoms with Crippen LogP contribution in [0.25, 0.3) is 0 Å². The highest BCUT2D eigenvalue weighted by Gasteiger charge is 2.18. The minimum Gasteiger partial charge on any atom is -0.465 e. The van der Waals surface area contributed by atoms with Crippen LogP contribution in [-0.4, -0.2) is 42.4 Å². The van der Waals surface area contributed by atoms with Crippen molar-refractivity contribution in [2.75, 3.05) is 23.8 Å². The van der Waals surface area contributed by atoms with Gasteiger partial charge < -0.3 is 25.8 Å². The van der Waals surface area contributed by atoms with Crippen LogP contribution >= 0.6 is 0 Å². The number of ether oxygens (including phenoxy) is 1. The molecular formula is C15H21N3O4. The smallest absolute Gasteiger partial charge is 0.405 e. The van der Waals surface area contributed by atoms with Crippen molar-refractivity contribution in [2.45, 2.75) is 31.8 Å². The molecule has 1 aromatic carbocycles. The number of carboxylic acid groups (broad SMARTS) is 1. The van der Waals surface area contributed by atoms with E-state index in [9.17, 15) is 9.59 Å². The average Bonchev–Trinajstić information content (AvgIpc) is 2.49. The Morgan fingerprint density at radius 2 is 2.05 bits per heavy atom. The van der Waals surface area contributed by atoms with Crippen molar-refractivity contribution in [3.63, 3.8) is 0 Å². The number of hydrogen-bond donors (Lipinski definition) is 4. The second-order valence-corrected chi connectivity index (χ2v) is 5.26. The second kappa shape index (κ2) is 7.65. The maximum absolute atomic E-state index is 12.0. The number of anilines is 2. The molecule has 2 atom stereocenters. The van der Waals surface area contributed by atoms with Gasteiger partial charge in [-0.15, -0.1) is 0 Å². The highest BCUT2D eigenvalue weighted by molar-refractivity contribution is 5.98. The quantitative estimate of drug-likeness (QED) is 0.665. The van der Waals surface area contributed by atoms with Crippen molar-refractivity contribution in [3.05, 3.63) is 24.3 Å². The van der Waals surface area contributed by atoms with Gasteiger partial charge in [0.1, 0.15) is 6.04 Å². The average molecular weight is 307 g/mol. The molecule has 4 N–H and O–H groups in total. The second-order valence-electron chi connectivity index (χ2n) is 5.26. The van der Waals surface area contributed by atoms with Crippen molar-refractivity contribution >= 4 is 23.4 Å². The van der Waals surface area contributed by atoms with Crippen LogP contribution in [0.5, 0.6) is 0 Å². The molecule has 0 bridgehead atoms. The molecular weight excluding hydrogens is 286 g/mol. The third-order valence-electron chi connectivity index (χ3n) is 3.44. The van der Waals surface area contributed by atoms with Crippen molar-refractivity contribution in [1.29, 1.82) is 0 Å². The van der Waals surface area contributed by atoms with E-state index in [1.807, 2.05) is 18.2 Å². The predicted molar refractivity (Wildman–Crippen MR) is 83.2 cm³/mol. The zero-order valence-electron chi connectivity index (χ0n) is 12.5. The van der Waals surface area contributed by atoms with E-state index in [4.69, 9.17) is 9.84 Å². The van der Waals surface area contributed by atoms with E-state index < -0.39 is 18.0 Å². The predicted octanol–water partition coefficient (Wildman–Crippen LogP) is 1.87. The largest absolute Gasteiger partial charge is 0.465 e. The van der Waals surface area contributed by atoms with Crippen LogP contribution in [0.4, 0.5) is 16.2 Å². The maximum Gasteiger partial charge on any atom is 0.405 e. The minimum absolute atomic E-state index is 0.210. The van der Waals surface area contributed by atoms with Gasteiger partial charge in [0, 0.05) is 12.6 Å². The molecule has 22 heavy (non-hydrogen) atoms. The third kappa shape index (κ3) is 4.63. The molecule has 0 aromatic heterocycles. The van der Waals surface area contributed by atoms with E-state index in [0.717, 1.165) is 25.1 Å². The van der Waals surface area contributed by atoms with E-state index in [-0.39, 0.29) is 6.04 Å². The van der Waals surface area contributed by atoms with Gasteiger partial charge in [-0.1, -0.05) is 12.1 Å². The van der Waals surface area contributed by atoms with Gasteiger partial charge in [0.2, 0.25) is 5.91 Å². The zero-order valence-corrected chi connectivity index (χ0v) is 12.5. The Morgan fingerprint density at radius 3 is 2.68 bits per heavy atom. The van der Waals surface area contributed by atoms with Gasteiger partial charge in [-0.2, -0.15) is 0 Å². The third-order valence-corrected chi connectivity index (χ3v) is 3.44. The molecule has 0 radical (unpaired) electrons. The number of carbonyl (C=O) groups is 2. The summed E-state index contributed by atoms with van der Waals surface area (Å²) in [5.74, 6) is -0.406. The summed E-state index contributed by atoms with van der Waals surface area (Å²) in [6, 6.07) is 6.72. The highest BCUT2D eigenvalue weighted by Crippen LogP contribution is 2.23. The molecule has 0 spiro atoms. The number of carbonyl (C=O) groups excluding carboxylic acids is 1. The Balaban J connectivity index is 2.01. The summed E-state index contributed by atoms with van der Waals surface area (Å²) in [5.41, 5.74) is 1.42. The van der Waals surface area contributed by atoms with Crippen LogP contribution < -0.4 is 16.0 Å². The Bertz CT molecular complexity index is 529. The standard InChI is InChI=1S/C15H21N3O4/c1-10(16-15(20)21)14(19)18-13-7-3-2-6-12(13)17-11-5-4-8-22-9-11/h2-3,6-7,10-11,16-17H,4-5,8-9H2,1H3,(H,18,19)(H,20,21)/t10-,11?/m0/s1. The van der Waals surface area contributed by atoms with Crippen molar-refractivity contribution in [3.8, 4) is 0 Å². The molecule has 1 aliphatic rings. The summed E-state index contributed by atoms with van der Waals surface area (Å²) in [6.45, 7) is 2.92. The van der Waals surface area contributed by atoms with E-state index in [2.05, 4.69) is 16.0 Å². The molecule has 1 heterocycles. The fraction of sp³-hybridized carbons (Fsp3) is 0.467. The lowest BCUT2D eigenvalue weighted by molar-refractivity contribution is -0.117. The van der Waals surface area contributed by atoms with Gasteiger partial charge in [-0.25, -0.2) is 4.79 Å². The summed E-state index contributed by atoms with van der Waals surface area (Å²) in [6.07, 6.45) is 0.791. The van der Waals surface area contributed by atoms with Crippen molar-refractivity contribution in [1.82, 2.24) is 5.32 Å². The van der Waals surface area contributed by atoms with Crippen LogP contribution in [0.3, 0.4) is 0 Å². The summed E-state index contributed by atoms with van der Waals surface area (Å²) < 4.78 is 5.43. The summed E-state index contributed by atoms with van der Waals surface area (Å²) in [5, 5.41) is 16.9. The van der Waals surface area contributed by atoms with Gasteiger partial charge in [-0.3, -0.25) is 4.79 Å². The lowest BCUT2D eigenvalue weighted by Crippen LogP contribution is -2.41. The minimum atomic E-state index is -1.23. The normalized spacial score (nSPS) is 19.0. The first-order valence-electron chi connectivity index (χ1n) is 7.30. The molecule has 2 amide bonds. The van der Waals surface area contributed by atoms with Crippen molar-refractivity contribution < 1.29 is 19.4 Å². The number of benzene rings is 1. The fourth-order valence-electron chi connectivity index (χ4n) is 2.28. The molecule has 0 saturated carbocycles. The van der Waals surface area contributed by atoms with Gasteiger partial charge in [0.05, 0.1) is 18.0 Å². The first-order chi connectivity index (χ1) is 10.6. The Labute approximate surface area is 129 Å². The molecule has 1 fully saturated rings. The number of amides is 2. The molecule has 7 nitrogen and oxygen atoms in total. The molecule has 2 rings (SSSR count). The van der Waals surface area contributed by atoms with Crippen LogP contribution in [0.2, 0.25) is 0 Å². The van der Waals surface area contributed by atoms with Crippen LogP contribution in [0.15, 0.2) is 24.3 Å². The molecule has 1 aliphatic heterocycles. The van der Waals surface area contributed by atoms with Crippen LogP contribution in [0, 0.1) is 0 Å². The lowest BCUT2D eigenvalue weighted by atomic mass is 10.1. The highest BCUT2D eigenvalue weighted by atomic mass is 16.5. The first-order valence-corrected chi connectivity index (χ1v) is 7.30. The van der Waals surface area contributed by atoms with E-state index >= 15 is 0 Å². The van der Waals surface area contributed by atoms with Gasteiger partial charge in [0.25, 0.3) is 0 Å². The number of rotatable bonds is 5. The Kier molecular flexibility index (Phi) is 5.60. The fourth-order valence-corrected chi connectivity index (χ4v) is 2.28. The summed E-state index contributed by atoms with van der Waals surface area (Å²) in [7, 11) is 0. The SMILES string of the molecule is C[C@H](NC(=O)O)C(=O)Nc1ccccc1NC1CCCOC1. The number of nitrogens with one attached hydrogen (secondary N) is 3. The number of para-hydroxylation sites is 2. The van der Waals surface area contributed by atoms with Gasteiger partial charge in [-0.05, 0) is 31.9 Å². The first kappa shape index (κ1) is 16.1. The Morgan fingerprint density at radius 1 is 1.32 bits per heavy atom. The topological polar surface area (TPSA) is 99.7 Å². The van der Waals surface area contributed by atoms with Crippen LogP contribution in [-0.2, 0) is 9.53 Å². The monoisotopic (exact) mass is 307 g/mol. The summed E-state index contributed by atoms with van der Waals surface area (Å²) in [4.78, 5) is 22.6. The van der Waals surface area contributed by atoms with E-state index in [1.165, 1.54) is 6.92 Å². The lowest BCUT2D eigenvalue weighted by Gasteiger charge is -2.25. The molecule has 1 aromatic rings. The molecule has 7 heteroatoms. The molecule has 1 unspecified atom stereocenters. The molecule has 0 aliphatic carbocycles. The summed E-state index contributed by atoms with van der Waals surface area (Å²) >= 11 is 0. The molecule has 1 saturated heterocycles. The van der Waals surface area contributed by atoms with Crippen LogP contribution in [0.1, 0.15) is 19.8 Å². The van der Waals surface area contributed by atoms with Crippen molar-refractivity contribution in [2.24, 2.45) is 0 Å². The molecule has 120 valence electrons. The van der Waals surface area contributed by atoms with E-state index in [0.29, 0.717) is 12.3 Å². The van der Waals surface area contributed by atoms with E-state index in [1.54, 1.807) is 6.07 Å². The maximum atomic E-state index is 12.0. The van der Waals surface area contributed by atoms with Gasteiger partial charge in [0.15, 0.2) is 0 Å². The Hall–Kier alpha value is -2.28. The number of hydrogen-bond acceptors (Lipinski definition) is 4. The zero-order chi connectivity index (χ0) is 15.9. The van der Waals surface area contributed by atoms with Gasteiger partial charge >= 0.3 is 6.09 Å².